The molecule has 1 aromatic carbocycles. The molecular formula is C19H33N3O. The highest BCUT2D eigenvalue weighted by Crippen LogP contribution is 2.19. The minimum absolute atomic E-state index is 0. The first kappa shape index (κ1) is 19.7. The summed E-state index contributed by atoms with van der Waals surface area (Å²) in [6.45, 7) is 2.91. The molecule has 0 aliphatic carbocycles. The lowest BCUT2D eigenvalue weighted by Gasteiger charge is -2.35. The maximum absolute atomic E-state index is 12.7. The van der Waals surface area contributed by atoms with Gasteiger partial charge in [-0.05, 0) is 51.9 Å². The summed E-state index contributed by atoms with van der Waals surface area (Å²) in [6.07, 6.45) is 2.99. The van der Waals surface area contributed by atoms with Crippen LogP contribution in [-0.4, -0.2) is 62.5 Å². The predicted molar refractivity (Wildman–Crippen MR) is 97.6 cm³/mol. The lowest BCUT2D eigenvalue weighted by molar-refractivity contribution is -0.134. The molecule has 0 saturated carbocycles. The largest absolute Gasteiger partial charge is 0.341 e. The van der Waals surface area contributed by atoms with Crippen molar-refractivity contribution in [1.82, 2.24) is 15.1 Å². The van der Waals surface area contributed by atoms with Gasteiger partial charge in [-0.15, -0.1) is 0 Å². The lowest BCUT2D eigenvalue weighted by Crippen LogP contribution is -2.49. The predicted octanol–water partition coefficient (Wildman–Crippen LogP) is 2.25. The van der Waals surface area contributed by atoms with Gasteiger partial charge in [-0.2, -0.15) is 0 Å². The molecule has 0 radical (unpaired) electrons. The minimum atomic E-state index is -0.118. The molecule has 0 aromatic heterocycles. The van der Waals surface area contributed by atoms with E-state index in [1.165, 1.54) is 5.56 Å². The van der Waals surface area contributed by atoms with Crippen LogP contribution >= 0.6 is 0 Å². The van der Waals surface area contributed by atoms with Crippen molar-refractivity contribution < 1.29 is 4.79 Å². The molecule has 1 atom stereocenters. The van der Waals surface area contributed by atoms with Gasteiger partial charge in [0.05, 0.1) is 6.04 Å². The Morgan fingerprint density at radius 3 is 2.39 bits per heavy atom. The lowest BCUT2D eigenvalue weighted by atomic mass is 9.95. The monoisotopic (exact) mass is 319 g/mol. The first-order valence-electron chi connectivity index (χ1n) is 8.25. The Morgan fingerprint density at radius 2 is 1.87 bits per heavy atom. The number of hydrogen-bond acceptors (Lipinski definition) is 3. The molecule has 0 spiro atoms. The normalized spacial score (nSPS) is 17.0. The van der Waals surface area contributed by atoms with E-state index in [-0.39, 0.29) is 19.4 Å². The van der Waals surface area contributed by atoms with Gasteiger partial charge in [0.1, 0.15) is 0 Å². The maximum atomic E-state index is 12.7. The van der Waals surface area contributed by atoms with Crippen LogP contribution in [0.4, 0.5) is 0 Å². The van der Waals surface area contributed by atoms with Gasteiger partial charge < -0.3 is 15.1 Å². The Bertz CT molecular complexity index is 453. The van der Waals surface area contributed by atoms with Crippen LogP contribution in [0.1, 0.15) is 25.8 Å². The SMILES string of the molecule is C.CN[C@H](Cc1ccccc1)C(=O)N1CCC(CN(C)C)CC1. The van der Waals surface area contributed by atoms with E-state index in [1.54, 1.807) is 0 Å². The first-order chi connectivity index (χ1) is 10.6. The smallest absolute Gasteiger partial charge is 0.240 e. The summed E-state index contributed by atoms with van der Waals surface area (Å²) in [5, 5.41) is 3.19. The zero-order valence-corrected chi connectivity index (χ0v) is 14.1. The second kappa shape index (κ2) is 9.68. The van der Waals surface area contributed by atoms with E-state index in [2.05, 4.69) is 36.4 Å². The molecule has 4 nitrogen and oxygen atoms in total. The summed E-state index contributed by atoms with van der Waals surface area (Å²) in [4.78, 5) is 17.0. The molecule has 23 heavy (non-hydrogen) atoms. The van der Waals surface area contributed by atoms with Crippen molar-refractivity contribution in [2.24, 2.45) is 5.92 Å². The fraction of sp³-hybridized carbons (Fsp3) is 0.632. The number of rotatable bonds is 6. The van der Waals surface area contributed by atoms with Crippen molar-refractivity contribution in [1.29, 1.82) is 0 Å². The van der Waals surface area contributed by atoms with Gasteiger partial charge >= 0.3 is 0 Å². The molecule has 1 aromatic rings. The van der Waals surface area contributed by atoms with Gasteiger partial charge in [-0.25, -0.2) is 0 Å². The molecule has 0 unspecified atom stereocenters. The van der Waals surface area contributed by atoms with E-state index in [4.69, 9.17) is 0 Å². The van der Waals surface area contributed by atoms with Crippen molar-refractivity contribution >= 4 is 5.91 Å². The molecule has 0 bridgehead atoms. The summed E-state index contributed by atoms with van der Waals surface area (Å²) in [5.41, 5.74) is 1.21. The molecule has 2 rings (SSSR count). The second-order valence-electron chi connectivity index (χ2n) is 6.56. The molecular weight excluding hydrogens is 286 g/mol. The topological polar surface area (TPSA) is 35.6 Å². The molecule has 4 heteroatoms. The van der Waals surface area contributed by atoms with Crippen LogP contribution < -0.4 is 5.32 Å². The van der Waals surface area contributed by atoms with Crippen molar-refractivity contribution in [2.75, 3.05) is 40.8 Å². The number of carbonyl (C=O) groups is 1. The highest BCUT2D eigenvalue weighted by atomic mass is 16.2. The fourth-order valence-corrected chi connectivity index (χ4v) is 3.24. The number of nitrogens with zero attached hydrogens (tertiary/aromatic N) is 2. The van der Waals surface area contributed by atoms with E-state index in [0.717, 1.165) is 44.8 Å². The summed E-state index contributed by atoms with van der Waals surface area (Å²) in [6, 6.07) is 10.1. The van der Waals surface area contributed by atoms with Gasteiger partial charge in [0, 0.05) is 19.6 Å². The van der Waals surface area contributed by atoms with Crippen LogP contribution in [0, 0.1) is 5.92 Å². The molecule has 1 saturated heterocycles. The summed E-state index contributed by atoms with van der Waals surface area (Å²) >= 11 is 0. The maximum Gasteiger partial charge on any atom is 0.240 e. The molecule has 1 fully saturated rings. The number of benzene rings is 1. The second-order valence-corrected chi connectivity index (χ2v) is 6.56. The molecule has 1 amide bonds. The van der Waals surface area contributed by atoms with Crippen LogP contribution in [0.25, 0.3) is 0 Å². The van der Waals surface area contributed by atoms with Gasteiger partial charge in [0.25, 0.3) is 0 Å². The Balaban J connectivity index is 0.00000264. The average Bonchev–Trinajstić information content (AvgIpc) is 2.53. The van der Waals surface area contributed by atoms with Crippen LogP contribution in [0.5, 0.6) is 0 Å². The Hall–Kier alpha value is -1.39. The van der Waals surface area contributed by atoms with Gasteiger partial charge in [-0.3, -0.25) is 4.79 Å². The number of piperidine rings is 1. The van der Waals surface area contributed by atoms with E-state index < -0.39 is 0 Å². The molecule has 1 aliphatic heterocycles. The highest BCUT2D eigenvalue weighted by Gasteiger charge is 2.27. The Morgan fingerprint density at radius 1 is 1.26 bits per heavy atom. The minimum Gasteiger partial charge on any atom is -0.341 e. The van der Waals surface area contributed by atoms with Gasteiger partial charge in [-0.1, -0.05) is 37.8 Å². The number of nitrogens with one attached hydrogen (secondary N) is 1. The van der Waals surface area contributed by atoms with Gasteiger partial charge in [0.15, 0.2) is 0 Å². The molecule has 1 N–H and O–H groups in total. The molecule has 1 heterocycles. The summed E-state index contributed by atoms with van der Waals surface area (Å²) in [7, 11) is 6.12. The summed E-state index contributed by atoms with van der Waals surface area (Å²) < 4.78 is 0. The quantitative estimate of drug-likeness (QED) is 0.873. The van der Waals surface area contributed by atoms with Gasteiger partial charge in [0.2, 0.25) is 5.91 Å². The number of carbonyl (C=O) groups excluding carboxylic acids is 1. The standard InChI is InChI=1S/C18H29N3O.CH4/c1-19-17(13-15-7-5-4-6-8-15)18(22)21-11-9-16(10-12-21)14-20(2)3;/h4-8,16-17,19H,9-14H2,1-3H3;1H4/t17-;/m1./s1. The third-order valence-electron chi connectivity index (χ3n) is 4.48. The third-order valence-corrected chi connectivity index (χ3v) is 4.48. The van der Waals surface area contributed by atoms with Crippen molar-refractivity contribution in [3.05, 3.63) is 35.9 Å². The highest BCUT2D eigenvalue weighted by molar-refractivity contribution is 5.82. The van der Waals surface area contributed by atoms with E-state index >= 15 is 0 Å². The number of hydrogen-bond donors (Lipinski definition) is 1. The fourth-order valence-electron chi connectivity index (χ4n) is 3.24. The Labute approximate surface area is 141 Å². The van der Waals surface area contributed by atoms with E-state index in [1.807, 2.05) is 30.1 Å². The zero-order valence-electron chi connectivity index (χ0n) is 14.1. The third kappa shape index (κ3) is 5.96. The van der Waals surface area contributed by atoms with Crippen LogP contribution in [0.3, 0.4) is 0 Å². The number of amides is 1. The first-order valence-corrected chi connectivity index (χ1v) is 8.25. The number of likely N-dealkylation sites (tertiary alicyclic amines) is 1. The van der Waals surface area contributed by atoms with E-state index in [0.29, 0.717) is 0 Å². The molecule has 1 aliphatic rings. The molecule has 130 valence electrons. The zero-order chi connectivity index (χ0) is 15.9. The van der Waals surface area contributed by atoms with E-state index in [9.17, 15) is 4.79 Å². The van der Waals surface area contributed by atoms with Crippen molar-refractivity contribution in [3.8, 4) is 0 Å². The average molecular weight is 319 g/mol. The van der Waals surface area contributed by atoms with Crippen LogP contribution in [0.15, 0.2) is 30.3 Å². The number of likely N-dealkylation sites (N-methyl/N-ethyl adjacent to an activating group) is 1. The van der Waals surface area contributed by atoms with Crippen molar-refractivity contribution in [2.45, 2.75) is 32.7 Å². The Kier molecular flexibility index (Phi) is 8.28. The van der Waals surface area contributed by atoms with Crippen molar-refractivity contribution in [3.63, 3.8) is 0 Å². The van der Waals surface area contributed by atoms with Crippen LogP contribution in [-0.2, 0) is 11.2 Å². The summed E-state index contributed by atoms with van der Waals surface area (Å²) in [5.74, 6) is 0.968. The van der Waals surface area contributed by atoms with Crippen LogP contribution in [0.2, 0.25) is 0 Å².